The summed E-state index contributed by atoms with van der Waals surface area (Å²) in [5.74, 6) is -0.262. The Labute approximate surface area is 103 Å². The molecule has 0 atom stereocenters. The van der Waals surface area contributed by atoms with Gasteiger partial charge in [0.25, 0.3) is 0 Å². The van der Waals surface area contributed by atoms with E-state index >= 15 is 0 Å². The summed E-state index contributed by atoms with van der Waals surface area (Å²) in [6.45, 7) is 0. The summed E-state index contributed by atoms with van der Waals surface area (Å²) in [6.07, 6.45) is 0. The molecule has 0 aromatic heterocycles. The second-order valence-corrected chi connectivity index (χ2v) is 4.05. The molecule has 0 amide bonds. The van der Waals surface area contributed by atoms with E-state index in [1.165, 1.54) is 0 Å². The molecule has 0 aliphatic rings. The van der Waals surface area contributed by atoms with Crippen molar-refractivity contribution in [2.24, 2.45) is 0 Å². The van der Waals surface area contributed by atoms with Gasteiger partial charge in [-0.25, -0.2) is 4.79 Å². The van der Waals surface area contributed by atoms with Crippen molar-refractivity contribution in [3.8, 4) is 5.75 Å². The number of rotatable bonds is 4. The van der Waals surface area contributed by atoms with E-state index in [9.17, 15) is 4.79 Å². The van der Waals surface area contributed by atoms with Crippen LogP contribution in [0, 0.1) is 0 Å². The number of benzene rings is 2. The van der Waals surface area contributed by atoms with Gasteiger partial charge in [-0.1, -0.05) is 30.3 Å². The molecule has 0 aliphatic carbocycles. The number of carboxylic acid groups (broad SMARTS) is 1. The van der Waals surface area contributed by atoms with Gasteiger partial charge >= 0.3 is 5.97 Å². The van der Waals surface area contributed by atoms with Gasteiger partial charge in [-0.15, -0.1) is 0 Å². The van der Waals surface area contributed by atoms with E-state index < -0.39 is 5.97 Å². The van der Waals surface area contributed by atoms with Crippen LogP contribution in [0.4, 0.5) is 0 Å². The van der Waals surface area contributed by atoms with Crippen LogP contribution in [-0.2, 0) is 0 Å². The number of hydrogen-bond donors (Lipinski definition) is 1. The minimum atomic E-state index is -0.954. The zero-order valence-corrected chi connectivity index (χ0v) is 9.68. The predicted octanol–water partition coefficient (Wildman–Crippen LogP) is 3.47. The van der Waals surface area contributed by atoms with Crippen LogP contribution in [-0.4, -0.2) is 11.1 Å². The van der Waals surface area contributed by atoms with E-state index in [4.69, 9.17) is 9.29 Å². The number of carboxylic acids is 1. The van der Waals surface area contributed by atoms with Crippen molar-refractivity contribution in [3.63, 3.8) is 0 Å². The number of para-hydroxylation sites is 1. The molecule has 0 unspecified atom stereocenters. The minimum Gasteiger partial charge on any atom is -0.478 e. The Morgan fingerprint density at radius 1 is 1.00 bits per heavy atom. The summed E-state index contributed by atoms with van der Waals surface area (Å²) in [5.41, 5.74) is 0.244. The molecule has 0 spiro atoms. The molecule has 0 saturated carbocycles. The van der Waals surface area contributed by atoms with Gasteiger partial charge in [-0.2, -0.15) is 0 Å². The van der Waals surface area contributed by atoms with Gasteiger partial charge in [0.2, 0.25) is 0 Å². The third kappa shape index (κ3) is 3.01. The Kier molecular flexibility index (Phi) is 3.67. The van der Waals surface area contributed by atoms with Crippen molar-refractivity contribution < 1.29 is 14.1 Å². The number of hydrogen-bond acceptors (Lipinski definition) is 3. The van der Waals surface area contributed by atoms with Crippen LogP contribution in [0.1, 0.15) is 10.4 Å². The molecule has 86 valence electrons. The van der Waals surface area contributed by atoms with Crippen LogP contribution in [0.2, 0.25) is 0 Å². The van der Waals surface area contributed by atoms with Crippen molar-refractivity contribution in [1.82, 2.24) is 0 Å². The Morgan fingerprint density at radius 2 is 1.65 bits per heavy atom. The summed E-state index contributed by atoms with van der Waals surface area (Å²) < 4.78 is 5.44. The van der Waals surface area contributed by atoms with Gasteiger partial charge in [-0.3, -0.25) is 0 Å². The topological polar surface area (TPSA) is 46.5 Å². The Morgan fingerprint density at radius 3 is 2.35 bits per heavy atom. The van der Waals surface area contributed by atoms with Gasteiger partial charge in [0, 0.05) is 0 Å². The molecule has 2 aromatic carbocycles. The molecule has 0 radical (unpaired) electrons. The molecule has 0 heterocycles. The average molecular weight is 246 g/mol. The van der Waals surface area contributed by atoms with Crippen molar-refractivity contribution in [1.29, 1.82) is 0 Å². The van der Waals surface area contributed by atoms with Crippen LogP contribution in [0.3, 0.4) is 0 Å². The fraction of sp³-hybridized carbons (Fsp3) is 0. The summed E-state index contributed by atoms with van der Waals surface area (Å²) >= 11 is 1.05. The smallest absolute Gasteiger partial charge is 0.336 e. The zero-order valence-electron chi connectivity index (χ0n) is 8.87. The lowest BCUT2D eigenvalue weighted by molar-refractivity contribution is 0.0693. The summed E-state index contributed by atoms with van der Waals surface area (Å²) in [5, 5.41) is 8.99. The second kappa shape index (κ2) is 5.41. The first-order valence-electron chi connectivity index (χ1n) is 4.99. The molecule has 17 heavy (non-hydrogen) atoms. The van der Waals surface area contributed by atoms with Gasteiger partial charge in [0.05, 0.1) is 22.5 Å². The summed E-state index contributed by atoms with van der Waals surface area (Å²) in [6, 6.07) is 16.0. The monoisotopic (exact) mass is 246 g/mol. The third-order valence-corrected chi connectivity index (χ3v) is 2.90. The first-order valence-corrected chi connectivity index (χ1v) is 5.73. The first-order chi connectivity index (χ1) is 8.27. The second-order valence-electron chi connectivity index (χ2n) is 3.28. The molecule has 3 nitrogen and oxygen atoms in total. The lowest BCUT2D eigenvalue weighted by atomic mass is 10.2. The maximum atomic E-state index is 11.0. The lowest BCUT2D eigenvalue weighted by Crippen LogP contribution is -1.98. The molecule has 0 fully saturated rings. The summed E-state index contributed by atoms with van der Waals surface area (Å²) in [4.78, 5) is 11.6. The molecular weight excluding hydrogens is 236 g/mol. The Bertz CT molecular complexity index is 511. The van der Waals surface area contributed by atoms with E-state index in [2.05, 4.69) is 0 Å². The molecule has 0 bridgehead atoms. The number of carbonyl (C=O) groups is 1. The highest BCUT2D eigenvalue weighted by molar-refractivity contribution is 7.95. The highest BCUT2D eigenvalue weighted by Crippen LogP contribution is 2.26. The van der Waals surface area contributed by atoms with Gasteiger partial charge in [0.15, 0.2) is 0 Å². The van der Waals surface area contributed by atoms with Crippen molar-refractivity contribution in [2.75, 3.05) is 0 Å². The van der Waals surface area contributed by atoms with Crippen LogP contribution in [0.5, 0.6) is 5.75 Å². The SMILES string of the molecule is O=C(O)c1ccccc1SOc1ccccc1. The maximum Gasteiger partial charge on any atom is 0.336 e. The fourth-order valence-corrected chi connectivity index (χ4v) is 1.96. The zero-order chi connectivity index (χ0) is 12.1. The number of aromatic carboxylic acids is 1. The molecule has 4 heteroatoms. The third-order valence-electron chi connectivity index (χ3n) is 2.09. The van der Waals surface area contributed by atoms with E-state index in [0.717, 1.165) is 12.0 Å². The largest absolute Gasteiger partial charge is 0.478 e. The highest BCUT2D eigenvalue weighted by Gasteiger charge is 2.10. The minimum absolute atomic E-state index is 0.244. The Hall–Kier alpha value is -1.94. The fourth-order valence-electron chi connectivity index (χ4n) is 1.29. The molecular formula is C13H10O3S. The van der Waals surface area contributed by atoms with E-state index in [-0.39, 0.29) is 5.56 Å². The molecule has 2 aromatic rings. The lowest BCUT2D eigenvalue weighted by Gasteiger charge is -2.05. The quantitative estimate of drug-likeness (QED) is 0.839. The van der Waals surface area contributed by atoms with E-state index in [1.807, 2.05) is 30.3 Å². The van der Waals surface area contributed by atoms with Gasteiger partial charge in [0.1, 0.15) is 5.75 Å². The van der Waals surface area contributed by atoms with Gasteiger partial charge in [-0.05, 0) is 24.3 Å². The van der Waals surface area contributed by atoms with Crippen molar-refractivity contribution >= 4 is 18.0 Å². The standard InChI is InChI=1S/C13H10O3S/c14-13(15)11-8-4-5-9-12(11)17-16-10-6-2-1-3-7-10/h1-9H,(H,14,15). The van der Waals surface area contributed by atoms with E-state index in [1.54, 1.807) is 24.3 Å². The van der Waals surface area contributed by atoms with Gasteiger partial charge < -0.3 is 9.29 Å². The van der Waals surface area contributed by atoms with Crippen LogP contribution in [0.15, 0.2) is 59.5 Å². The van der Waals surface area contributed by atoms with Crippen LogP contribution >= 0.6 is 12.0 Å². The van der Waals surface area contributed by atoms with Crippen molar-refractivity contribution in [3.05, 3.63) is 60.2 Å². The normalized spacial score (nSPS) is 9.88. The van der Waals surface area contributed by atoms with Crippen LogP contribution < -0.4 is 4.18 Å². The molecule has 1 N–H and O–H groups in total. The molecule has 0 aliphatic heterocycles. The average Bonchev–Trinajstić information content (AvgIpc) is 2.38. The highest BCUT2D eigenvalue weighted by atomic mass is 32.2. The van der Waals surface area contributed by atoms with Crippen LogP contribution in [0.25, 0.3) is 0 Å². The molecule has 0 saturated heterocycles. The predicted molar refractivity (Wildman–Crippen MR) is 66.3 cm³/mol. The first kappa shape index (κ1) is 11.5. The maximum absolute atomic E-state index is 11.0. The van der Waals surface area contributed by atoms with Crippen molar-refractivity contribution in [2.45, 2.75) is 4.90 Å². The molecule has 2 rings (SSSR count). The van der Waals surface area contributed by atoms with E-state index in [0.29, 0.717) is 10.6 Å². The Balaban J connectivity index is 2.12. The summed E-state index contributed by atoms with van der Waals surface area (Å²) in [7, 11) is 0.